The van der Waals surface area contributed by atoms with Crippen LogP contribution < -0.4 is 5.73 Å². The van der Waals surface area contributed by atoms with E-state index in [0.717, 1.165) is 10.0 Å². The van der Waals surface area contributed by atoms with Crippen LogP contribution in [-0.4, -0.2) is 21.0 Å². The molecule has 0 saturated heterocycles. The first-order chi connectivity index (χ1) is 8.99. The van der Waals surface area contributed by atoms with E-state index in [9.17, 15) is 4.79 Å². The first-order valence-electron chi connectivity index (χ1n) is 5.58. The highest BCUT2D eigenvalue weighted by atomic mass is 79.9. The Morgan fingerprint density at radius 1 is 1.37 bits per heavy atom. The highest BCUT2D eigenvalue weighted by Gasteiger charge is 2.16. The number of carboxylic acid groups (broad SMARTS) is 1. The Balaban J connectivity index is 2.38. The van der Waals surface area contributed by atoms with Crippen molar-refractivity contribution in [3.8, 4) is 0 Å². The summed E-state index contributed by atoms with van der Waals surface area (Å²) in [6.45, 7) is 1.62. The number of rotatable bonds is 3. The van der Waals surface area contributed by atoms with Crippen molar-refractivity contribution < 1.29 is 9.90 Å². The van der Waals surface area contributed by atoms with E-state index in [1.54, 1.807) is 6.92 Å². The summed E-state index contributed by atoms with van der Waals surface area (Å²) in [6, 6.07) is 7.71. The molecule has 5 nitrogen and oxygen atoms in total. The summed E-state index contributed by atoms with van der Waals surface area (Å²) in [5.74, 6) is -0.601. The van der Waals surface area contributed by atoms with Gasteiger partial charge in [-0.05, 0) is 18.6 Å². The van der Waals surface area contributed by atoms with E-state index < -0.39 is 5.97 Å². The predicted molar refractivity (Wildman–Crippen MR) is 75.1 cm³/mol. The van der Waals surface area contributed by atoms with Gasteiger partial charge in [-0.25, -0.2) is 14.8 Å². The van der Waals surface area contributed by atoms with Crippen molar-refractivity contribution in [1.29, 1.82) is 0 Å². The van der Waals surface area contributed by atoms with Gasteiger partial charge >= 0.3 is 5.97 Å². The molecule has 98 valence electrons. The lowest BCUT2D eigenvalue weighted by Gasteiger charge is -2.08. The number of benzene rings is 1. The molecule has 0 amide bonds. The average Bonchev–Trinajstić information content (AvgIpc) is 2.30. The third-order valence-electron chi connectivity index (χ3n) is 2.68. The maximum atomic E-state index is 11.0. The van der Waals surface area contributed by atoms with Crippen molar-refractivity contribution in [2.75, 3.05) is 5.73 Å². The molecule has 2 aromatic rings. The largest absolute Gasteiger partial charge is 0.477 e. The van der Waals surface area contributed by atoms with Crippen molar-refractivity contribution in [1.82, 2.24) is 9.97 Å². The van der Waals surface area contributed by atoms with Crippen LogP contribution in [0.25, 0.3) is 0 Å². The van der Waals surface area contributed by atoms with Crippen LogP contribution in [0.2, 0.25) is 0 Å². The number of anilines is 1. The van der Waals surface area contributed by atoms with Crippen molar-refractivity contribution in [2.45, 2.75) is 13.3 Å². The number of nitrogens with two attached hydrogens (primary N) is 1. The summed E-state index contributed by atoms with van der Waals surface area (Å²) in [7, 11) is 0. The number of aromatic nitrogens is 2. The number of nitrogen functional groups attached to an aromatic ring is 1. The summed E-state index contributed by atoms with van der Waals surface area (Å²) in [6.07, 6.45) is 0.492. The van der Waals surface area contributed by atoms with Gasteiger partial charge in [-0.2, -0.15) is 0 Å². The Hall–Kier alpha value is -1.95. The molecule has 0 radical (unpaired) electrons. The molecular weight excluding hydrogens is 310 g/mol. The standard InChI is InChI=1S/C13H12BrN3O2/c1-7-11(13(18)19)12(15)17-10(16-7)6-8-4-2-3-5-9(8)14/h2-5H,6H2,1H3,(H,18,19)(H2,15,16,17). The molecule has 0 spiro atoms. The lowest BCUT2D eigenvalue weighted by Crippen LogP contribution is -2.12. The quantitative estimate of drug-likeness (QED) is 0.906. The van der Waals surface area contributed by atoms with Gasteiger partial charge in [-0.1, -0.05) is 34.1 Å². The molecule has 2 rings (SSSR count). The molecule has 0 fully saturated rings. The highest BCUT2D eigenvalue weighted by molar-refractivity contribution is 9.10. The summed E-state index contributed by atoms with van der Waals surface area (Å²) in [4.78, 5) is 19.3. The van der Waals surface area contributed by atoms with Gasteiger partial charge in [0.1, 0.15) is 17.2 Å². The molecule has 1 aromatic heterocycles. The monoisotopic (exact) mass is 321 g/mol. The molecule has 0 aliphatic rings. The van der Waals surface area contributed by atoms with Crippen LogP contribution in [0.1, 0.15) is 27.4 Å². The topological polar surface area (TPSA) is 89.1 Å². The van der Waals surface area contributed by atoms with Crippen LogP contribution in [-0.2, 0) is 6.42 Å². The summed E-state index contributed by atoms with van der Waals surface area (Å²) >= 11 is 3.45. The minimum atomic E-state index is -1.11. The van der Waals surface area contributed by atoms with Crippen LogP contribution in [0.4, 0.5) is 5.82 Å². The molecule has 0 atom stereocenters. The van der Waals surface area contributed by atoms with E-state index in [0.29, 0.717) is 17.9 Å². The van der Waals surface area contributed by atoms with Gasteiger partial charge in [0.15, 0.2) is 0 Å². The minimum Gasteiger partial charge on any atom is -0.477 e. The van der Waals surface area contributed by atoms with Gasteiger partial charge in [0, 0.05) is 10.9 Å². The van der Waals surface area contributed by atoms with Gasteiger partial charge in [0.05, 0.1) is 5.69 Å². The van der Waals surface area contributed by atoms with E-state index in [-0.39, 0.29) is 11.4 Å². The zero-order chi connectivity index (χ0) is 14.0. The second-order valence-corrected chi connectivity index (χ2v) is 4.91. The first kappa shape index (κ1) is 13.5. The van der Waals surface area contributed by atoms with Crippen molar-refractivity contribution in [3.05, 3.63) is 51.4 Å². The van der Waals surface area contributed by atoms with Crippen LogP contribution in [0.5, 0.6) is 0 Å². The lowest BCUT2D eigenvalue weighted by atomic mass is 10.1. The van der Waals surface area contributed by atoms with Crippen molar-refractivity contribution in [2.24, 2.45) is 0 Å². The average molecular weight is 322 g/mol. The van der Waals surface area contributed by atoms with Crippen molar-refractivity contribution >= 4 is 27.7 Å². The van der Waals surface area contributed by atoms with Crippen LogP contribution in [0.15, 0.2) is 28.7 Å². The molecule has 0 aliphatic carbocycles. The number of hydrogen-bond donors (Lipinski definition) is 2. The predicted octanol–water partition coefficient (Wildman–Crippen LogP) is 2.42. The Kier molecular flexibility index (Phi) is 3.80. The second-order valence-electron chi connectivity index (χ2n) is 4.06. The number of carboxylic acids is 1. The number of aryl methyl sites for hydroxylation is 1. The van der Waals surface area contributed by atoms with Crippen molar-refractivity contribution in [3.63, 3.8) is 0 Å². The fraction of sp³-hybridized carbons (Fsp3) is 0.154. The molecule has 0 saturated carbocycles. The number of hydrogen-bond acceptors (Lipinski definition) is 4. The van der Waals surface area contributed by atoms with E-state index in [2.05, 4.69) is 25.9 Å². The molecule has 1 aromatic carbocycles. The molecule has 0 aliphatic heterocycles. The molecule has 3 N–H and O–H groups in total. The fourth-order valence-corrected chi connectivity index (χ4v) is 2.24. The SMILES string of the molecule is Cc1nc(Cc2ccccc2Br)nc(N)c1C(=O)O. The fourth-order valence-electron chi connectivity index (χ4n) is 1.81. The zero-order valence-electron chi connectivity index (χ0n) is 10.2. The van der Waals surface area contributed by atoms with E-state index in [1.165, 1.54) is 0 Å². The highest BCUT2D eigenvalue weighted by Crippen LogP contribution is 2.20. The maximum Gasteiger partial charge on any atom is 0.341 e. The smallest absolute Gasteiger partial charge is 0.341 e. The maximum absolute atomic E-state index is 11.0. The number of aromatic carboxylic acids is 1. The molecule has 6 heteroatoms. The molecule has 1 heterocycles. The summed E-state index contributed by atoms with van der Waals surface area (Å²) in [5, 5.41) is 9.00. The normalized spacial score (nSPS) is 10.4. The Morgan fingerprint density at radius 2 is 2.05 bits per heavy atom. The van der Waals surface area contributed by atoms with Crippen LogP contribution in [0.3, 0.4) is 0 Å². The van der Waals surface area contributed by atoms with Crippen LogP contribution >= 0.6 is 15.9 Å². The third kappa shape index (κ3) is 2.90. The van der Waals surface area contributed by atoms with Gasteiger partial charge in [-0.15, -0.1) is 0 Å². The summed E-state index contributed by atoms with van der Waals surface area (Å²) in [5.41, 5.74) is 7.03. The van der Waals surface area contributed by atoms with E-state index >= 15 is 0 Å². The number of nitrogens with zero attached hydrogens (tertiary/aromatic N) is 2. The van der Waals surface area contributed by atoms with Gasteiger partial charge in [0.2, 0.25) is 0 Å². The number of halogens is 1. The third-order valence-corrected chi connectivity index (χ3v) is 3.46. The van der Waals surface area contributed by atoms with Gasteiger partial charge in [-0.3, -0.25) is 0 Å². The Labute approximate surface area is 118 Å². The molecule has 0 unspecified atom stereocenters. The molecule has 19 heavy (non-hydrogen) atoms. The summed E-state index contributed by atoms with van der Waals surface area (Å²) < 4.78 is 0.956. The zero-order valence-corrected chi connectivity index (χ0v) is 11.8. The number of carbonyl (C=O) groups is 1. The van der Waals surface area contributed by atoms with Gasteiger partial charge in [0.25, 0.3) is 0 Å². The molecule has 0 bridgehead atoms. The Bertz CT molecular complexity index is 621. The lowest BCUT2D eigenvalue weighted by molar-refractivity contribution is 0.0696. The minimum absolute atomic E-state index is 0.00190. The van der Waals surface area contributed by atoms with Gasteiger partial charge < -0.3 is 10.8 Å². The first-order valence-corrected chi connectivity index (χ1v) is 6.38. The van der Waals surface area contributed by atoms with E-state index in [4.69, 9.17) is 10.8 Å². The molecular formula is C13H12BrN3O2. The second kappa shape index (κ2) is 5.36. The van der Waals surface area contributed by atoms with Crippen LogP contribution in [0, 0.1) is 6.92 Å². The van der Waals surface area contributed by atoms with E-state index in [1.807, 2.05) is 24.3 Å². The Morgan fingerprint density at radius 3 is 2.63 bits per heavy atom.